The van der Waals surface area contributed by atoms with E-state index in [0.29, 0.717) is 17.4 Å². The molecule has 2 heterocycles. The quantitative estimate of drug-likeness (QED) is 0.659. The summed E-state index contributed by atoms with van der Waals surface area (Å²) in [5.74, 6) is 1.43. The summed E-state index contributed by atoms with van der Waals surface area (Å²) in [5.41, 5.74) is 3.22. The minimum Gasteiger partial charge on any atom is -0.496 e. The van der Waals surface area contributed by atoms with E-state index in [4.69, 9.17) is 9.72 Å². The summed E-state index contributed by atoms with van der Waals surface area (Å²) in [6.07, 6.45) is 0. The summed E-state index contributed by atoms with van der Waals surface area (Å²) in [5, 5.41) is 2.99. The van der Waals surface area contributed by atoms with Gasteiger partial charge in [0.05, 0.1) is 30.3 Å². The molecule has 0 spiro atoms. The van der Waals surface area contributed by atoms with Crippen LogP contribution in [0.25, 0.3) is 11.0 Å². The normalized spacial score (nSPS) is 15.5. The number of para-hydroxylation sites is 1. The first kappa shape index (κ1) is 21.3. The molecule has 164 valence electrons. The Morgan fingerprint density at radius 3 is 2.58 bits per heavy atom. The molecule has 0 atom stereocenters. The molecule has 7 nitrogen and oxygen atoms in total. The van der Waals surface area contributed by atoms with Gasteiger partial charge < -0.3 is 19.5 Å². The lowest BCUT2D eigenvalue weighted by atomic mass is 10.2. The lowest BCUT2D eigenvalue weighted by Gasteiger charge is -2.32. The number of rotatable bonds is 6. The molecule has 1 N–H and O–H groups in total. The van der Waals surface area contributed by atoms with E-state index in [9.17, 15) is 4.79 Å². The predicted molar refractivity (Wildman–Crippen MR) is 124 cm³/mol. The van der Waals surface area contributed by atoms with E-state index < -0.39 is 0 Å². The summed E-state index contributed by atoms with van der Waals surface area (Å²) >= 11 is 0. The van der Waals surface area contributed by atoms with Crippen molar-refractivity contribution in [3.05, 3.63) is 53.9 Å². The van der Waals surface area contributed by atoms with E-state index in [1.807, 2.05) is 30.3 Å². The SMILES string of the molecule is COc1ccccc1C(=O)Nc1ccc2c(c1)nc(CN1CCN(C)CC1)n2C(C)C. The zero-order chi connectivity index (χ0) is 22.0. The number of likely N-dealkylation sites (N-methyl/N-ethyl adjacent to an activating group) is 1. The number of imidazole rings is 1. The Morgan fingerprint density at radius 1 is 1.13 bits per heavy atom. The number of carbonyl (C=O) groups excluding carboxylic acids is 1. The fourth-order valence-electron chi connectivity index (χ4n) is 4.15. The van der Waals surface area contributed by atoms with Gasteiger partial charge in [0.25, 0.3) is 5.91 Å². The van der Waals surface area contributed by atoms with Crippen molar-refractivity contribution < 1.29 is 9.53 Å². The van der Waals surface area contributed by atoms with Crippen molar-refractivity contribution in [3.8, 4) is 5.75 Å². The number of carbonyl (C=O) groups is 1. The van der Waals surface area contributed by atoms with Gasteiger partial charge in [-0.15, -0.1) is 0 Å². The number of ether oxygens (including phenoxy) is 1. The highest BCUT2D eigenvalue weighted by molar-refractivity contribution is 6.06. The van der Waals surface area contributed by atoms with Gasteiger partial charge in [0.15, 0.2) is 0 Å². The number of amides is 1. The number of fused-ring (bicyclic) bond motifs is 1. The van der Waals surface area contributed by atoms with Crippen LogP contribution in [0.2, 0.25) is 0 Å². The van der Waals surface area contributed by atoms with E-state index in [1.54, 1.807) is 19.2 Å². The number of hydrogen-bond donors (Lipinski definition) is 1. The van der Waals surface area contributed by atoms with Crippen molar-refractivity contribution in [2.45, 2.75) is 26.4 Å². The Hall–Kier alpha value is -2.90. The van der Waals surface area contributed by atoms with Crippen molar-refractivity contribution >= 4 is 22.6 Å². The number of benzene rings is 2. The molecule has 0 unspecified atom stereocenters. The van der Waals surface area contributed by atoms with Gasteiger partial charge in [0.2, 0.25) is 0 Å². The monoisotopic (exact) mass is 421 g/mol. The summed E-state index contributed by atoms with van der Waals surface area (Å²) in [6.45, 7) is 9.49. The Kier molecular flexibility index (Phi) is 6.25. The van der Waals surface area contributed by atoms with Gasteiger partial charge in [-0.3, -0.25) is 9.69 Å². The van der Waals surface area contributed by atoms with E-state index in [1.165, 1.54) is 0 Å². The third-order valence-electron chi connectivity index (χ3n) is 5.85. The van der Waals surface area contributed by atoms with Crippen LogP contribution in [-0.4, -0.2) is 65.6 Å². The molecule has 0 aliphatic carbocycles. The van der Waals surface area contributed by atoms with Crippen LogP contribution >= 0.6 is 0 Å². The molecule has 0 saturated carbocycles. The van der Waals surface area contributed by atoms with E-state index >= 15 is 0 Å². The molecule has 31 heavy (non-hydrogen) atoms. The summed E-state index contributed by atoms with van der Waals surface area (Å²) in [7, 11) is 3.74. The topological polar surface area (TPSA) is 62.6 Å². The third kappa shape index (κ3) is 4.57. The second kappa shape index (κ2) is 9.08. The molecule has 0 bridgehead atoms. The van der Waals surface area contributed by atoms with Gasteiger partial charge in [-0.05, 0) is 51.2 Å². The molecule has 3 aromatic rings. The summed E-state index contributed by atoms with van der Waals surface area (Å²) in [4.78, 5) is 22.5. The first-order chi connectivity index (χ1) is 15.0. The lowest BCUT2D eigenvalue weighted by Crippen LogP contribution is -2.44. The average Bonchev–Trinajstić information content (AvgIpc) is 3.12. The molecule has 7 heteroatoms. The minimum absolute atomic E-state index is 0.197. The molecule has 1 saturated heterocycles. The second-order valence-electron chi connectivity index (χ2n) is 8.43. The molecule has 1 aliphatic heterocycles. The van der Waals surface area contributed by atoms with Gasteiger partial charge >= 0.3 is 0 Å². The highest BCUT2D eigenvalue weighted by atomic mass is 16.5. The largest absolute Gasteiger partial charge is 0.496 e. The van der Waals surface area contributed by atoms with Gasteiger partial charge in [-0.1, -0.05) is 12.1 Å². The van der Waals surface area contributed by atoms with Gasteiger partial charge in [-0.2, -0.15) is 0 Å². The number of anilines is 1. The van der Waals surface area contributed by atoms with Crippen LogP contribution in [0.15, 0.2) is 42.5 Å². The predicted octanol–water partition coefficient (Wildman–Crippen LogP) is 3.63. The minimum atomic E-state index is -0.197. The zero-order valence-corrected chi connectivity index (χ0v) is 18.8. The molecule has 1 aromatic heterocycles. The maximum atomic E-state index is 12.8. The Morgan fingerprint density at radius 2 is 1.87 bits per heavy atom. The highest BCUT2D eigenvalue weighted by Crippen LogP contribution is 2.26. The molecular weight excluding hydrogens is 390 g/mol. The average molecular weight is 422 g/mol. The molecule has 0 radical (unpaired) electrons. The van der Waals surface area contributed by atoms with Crippen molar-refractivity contribution in [1.29, 1.82) is 0 Å². The molecule has 1 amide bonds. The Balaban J connectivity index is 1.59. The van der Waals surface area contributed by atoms with Crippen molar-refractivity contribution in [2.24, 2.45) is 0 Å². The van der Waals surface area contributed by atoms with Crippen molar-refractivity contribution in [3.63, 3.8) is 0 Å². The maximum Gasteiger partial charge on any atom is 0.259 e. The summed E-state index contributed by atoms with van der Waals surface area (Å²) < 4.78 is 7.62. The first-order valence-corrected chi connectivity index (χ1v) is 10.8. The molecule has 2 aromatic carbocycles. The highest BCUT2D eigenvalue weighted by Gasteiger charge is 2.20. The van der Waals surface area contributed by atoms with Crippen LogP contribution < -0.4 is 10.1 Å². The fraction of sp³-hybridized carbons (Fsp3) is 0.417. The number of piperazine rings is 1. The lowest BCUT2D eigenvalue weighted by molar-refractivity contribution is 0.102. The van der Waals surface area contributed by atoms with E-state index in [0.717, 1.165) is 55.3 Å². The van der Waals surface area contributed by atoms with Crippen LogP contribution in [0.5, 0.6) is 5.75 Å². The van der Waals surface area contributed by atoms with Gasteiger partial charge in [0, 0.05) is 37.9 Å². The van der Waals surface area contributed by atoms with E-state index in [-0.39, 0.29) is 5.91 Å². The van der Waals surface area contributed by atoms with Crippen LogP contribution in [0.3, 0.4) is 0 Å². The van der Waals surface area contributed by atoms with E-state index in [2.05, 4.69) is 40.6 Å². The molecule has 1 fully saturated rings. The van der Waals surface area contributed by atoms with Crippen LogP contribution in [0.4, 0.5) is 5.69 Å². The van der Waals surface area contributed by atoms with Crippen LogP contribution in [0.1, 0.15) is 36.1 Å². The first-order valence-electron chi connectivity index (χ1n) is 10.8. The van der Waals surface area contributed by atoms with Crippen molar-refractivity contribution in [1.82, 2.24) is 19.4 Å². The number of nitrogens with one attached hydrogen (secondary N) is 1. The Labute approximate surface area is 183 Å². The third-order valence-corrected chi connectivity index (χ3v) is 5.85. The molecule has 1 aliphatic rings. The summed E-state index contributed by atoms with van der Waals surface area (Å²) in [6, 6.07) is 13.5. The number of hydrogen-bond acceptors (Lipinski definition) is 5. The van der Waals surface area contributed by atoms with Crippen LogP contribution in [0, 0.1) is 0 Å². The number of nitrogens with zero attached hydrogens (tertiary/aromatic N) is 4. The number of methoxy groups -OCH3 is 1. The smallest absolute Gasteiger partial charge is 0.259 e. The zero-order valence-electron chi connectivity index (χ0n) is 18.8. The molecule has 4 rings (SSSR count). The van der Waals surface area contributed by atoms with Crippen molar-refractivity contribution in [2.75, 3.05) is 45.7 Å². The number of aromatic nitrogens is 2. The second-order valence-corrected chi connectivity index (χ2v) is 8.43. The standard InChI is InChI=1S/C24H31N5O2/c1-17(2)29-21-10-9-18(25-24(30)19-7-5-6-8-22(19)31-4)15-20(21)26-23(29)16-28-13-11-27(3)12-14-28/h5-10,15,17H,11-14,16H2,1-4H3,(H,25,30). The van der Waals surface area contributed by atoms with Crippen LogP contribution in [-0.2, 0) is 6.54 Å². The maximum absolute atomic E-state index is 12.8. The Bertz CT molecular complexity index is 1070. The van der Waals surface area contributed by atoms with Gasteiger partial charge in [-0.25, -0.2) is 4.98 Å². The fourth-order valence-corrected chi connectivity index (χ4v) is 4.15. The van der Waals surface area contributed by atoms with Gasteiger partial charge in [0.1, 0.15) is 11.6 Å². The molecular formula is C24H31N5O2.